The number of ether oxygens (including phenoxy) is 2. The molecule has 0 fully saturated rings. The quantitative estimate of drug-likeness (QED) is 0.143. The first-order chi connectivity index (χ1) is 42.3. The van der Waals surface area contributed by atoms with Gasteiger partial charge in [0, 0.05) is 97.7 Å². The third-order valence-corrected chi connectivity index (χ3v) is 16.6. The minimum absolute atomic E-state index is 0.640. The zero-order valence-corrected chi connectivity index (χ0v) is 46.9. The maximum atomic E-state index is 6.51. The molecule has 410 valence electrons. The molecule has 0 aliphatic carbocycles. The van der Waals surface area contributed by atoms with Gasteiger partial charge in [0.25, 0.3) is 0 Å². The number of benzene rings is 7. The van der Waals surface area contributed by atoms with Gasteiger partial charge < -0.3 is 37.5 Å². The van der Waals surface area contributed by atoms with Crippen molar-refractivity contribution in [3.05, 3.63) is 219 Å². The summed E-state index contributed by atoms with van der Waals surface area (Å²) in [6.07, 6.45) is 7.24. The summed E-state index contributed by atoms with van der Waals surface area (Å²) in [5.74, 6) is 5.64. The van der Waals surface area contributed by atoms with Crippen molar-refractivity contribution in [3.63, 3.8) is 0 Å². The van der Waals surface area contributed by atoms with Crippen molar-refractivity contribution in [1.29, 1.82) is 0 Å². The summed E-state index contributed by atoms with van der Waals surface area (Å²) in [7, 11) is 8.14. The second kappa shape index (κ2) is 18.9. The van der Waals surface area contributed by atoms with E-state index in [9.17, 15) is 0 Å². The molecular weight excluding hydrogens is 1070 g/mol. The molecule has 8 aromatic heterocycles. The number of rotatable bonds is 8. The molecule has 0 saturated carbocycles. The Kier molecular flexibility index (Phi) is 10.7. The fourth-order valence-electron chi connectivity index (χ4n) is 12.7. The summed E-state index contributed by atoms with van der Waals surface area (Å²) < 4.78 is 21.4. The van der Waals surface area contributed by atoms with Crippen LogP contribution < -0.4 is 19.3 Å². The molecular formula is C70H48N14O2. The first kappa shape index (κ1) is 48.9. The predicted molar refractivity (Wildman–Crippen MR) is 337 cm³/mol. The highest BCUT2D eigenvalue weighted by Gasteiger charge is 2.37. The van der Waals surface area contributed by atoms with E-state index in [-0.39, 0.29) is 0 Å². The van der Waals surface area contributed by atoms with E-state index in [2.05, 4.69) is 101 Å². The fourth-order valence-corrected chi connectivity index (χ4v) is 12.7. The molecule has 17 rings (SSSR count). The Morgan fingerprint density at radius 2 is 0.523 bits per heavy atom. The van der Waals surface area contributed by atoms with Crippen molar-refractivity contribution in [2.45, 2.75) is 0 Å². The molecule has 16 heteroatoms. The van der Waals surface area contributed by atoms with Gasteiger partial charge in [0.1, 0.15) is 45.4 Å². The number of imidazole rings is 4. The summed E-state index contributed by atoms with van der Waals surface area (Å²) in [5, 5.41) is 0. The van der Waals surface area contributed by atoms with Gasteiger partial charge in [0.2, 0.25) is 0 Å². The highest BCUT2D eigenvalue weighted by Crippen LogP contribution is 2.58. The van der Waals surface area contributed by atoms with E-state index >= 15 is 0 Å². The van der Waals surface area contributed by atoms with E-state index in [1.54, 1.807) is 0 Å². The minimum atomic E-state index is 0.640. The first-order valence-electron chi connectivity index (χ1n) is 28.2. The van der Waals surface area contributed by atoms with Crippen LogP contribution in [0, 0.1) is 0 Å². The van der Waals surface area contributed by atoms with Gasteiger partial charge in [-0.2, -0.15) is 0 Å². The van der Waals surface area contributed by atoms with Crippen LogP contribution in [-0.4, -0.2) is 58.1 Å². The van der Waals surface area contributed by atoms with E-state index in [4.69, 9.17) is 49.3 Å². The molecule has 0 saturated heterocycles. The Hall–Kier alpha value is -11.8. The molecule has 0 amide bonds. The van der Waals surface area contributed by atoms with Crippen LogP contribution in [0.1, 0.15) is 0 Å². The number of hydrogen-bond donors (Lipinski definition) is 0. The van der Waals surface area contributed by atoms with Crippen LogP contribution in [0.3, 0.4) is 0 Å². The van der Waals surface area contributed by atoms with Gasteiger partial charge in [-0.3, -0.25) is 0 Å². The monoisotopic (exact) mass is 1120 g/mol. The van der Waals surface area contributed by atoms with Gasteiger partial charge in [-0.15, -0.1) is 0 Å². The summed E-state index contributed by atoms with van der Waals surface area (Å²) in [4.78, 5) is 46.9. The number of aromatic nitrogens is 12. The summed E-state index contributed by atoms with van der Waals surface area (Å²) >= 11 is 0. The normalized spacial score (nSPS) is 12.6. The summed E-state index contributed by atoms with van der Waals surface area (Å²) in [6.45, 7) is 0. The molecule has 15 aromatic rings. The smallest absolute Gasteiger partial charge is 0.159 e. The van der Waals surface area contributed by atoms with Crippen molar-refractivity contribution in [2.75, 3.05) is 9.80 Å². The minimum Gasteiger partial charge on any atom is -0.453 e. The standard InChI is InChI=1S/C70H48N14O2/c1-79-63-45(17-13-37-71-63)75-67(79)59-57(41-29-33-43(34-30-41)83-49-21-5-9-25-53(49)85-54-26-10-6-22-50(54)83)60(68-76-46-18-14-38-72-64(46)80(68)2)62(70-78-48-20-16-40-74-66(48)82(70)4)61(69-77-47-19-15-39-73-65(47)81(69)3)58(59)42-31-35-44(36-32-42)84-51-23-7-11-27-55(51)86-56-28-12-8-24-52(56)84/h5-40H,1-4H3. The van der Waals surface area contributed by atoms with Crippen LogP contribution in [0.5, 0.6) is 23.0 Å². The zero-order chi connectivity index (χ0) is 57.3. The molecule has 86 heavy (non-hydrogen) atoms. The SMILES string of the molecule is Cn1c(-c2c(-c3ccc(N4c5ccccc5Oc5ccccc54)cc3)c(-c3nc4cccnc4n3C)c(-c3nc4cccnc4n3C)c(-c3nc4cccnc4n3C)c2-c2ccc(N3c4ccccc4Oc4ccccc43)cc2)nc2cccnc21. The largest absolute Gasteiger partial charge is 0.453 e. The van der Waals surface area contributed by atoms with Crippen LogP contribution in [0.4, 0.5) is 34.1 Å². The van der Waals surface area contributed by atoms with Crippen LogP contribution in [0.2, 0.25) is 0 Å². The summed E-state index contributed by atoms with van der Waals surface area (Å²) in [5.41, 5.74) is 17.8. The Balaban J connectivity index is 1.05. The van der Waals surface area contributed by atoms with Crippen molar-refractivity contribution < 1.29 is 9.47 Å². The fraction of sp³-hybridized carbons (Fsp3) is 0.0571. The van der Waals surface area contributed by atoms with E-state index in [1.165, 1.54) is 0 Å². The molecule has 0 spiro atoms. The molecule has 10 heterocycles. The number of para-hydroxylation sites is 8. The molecule has 2 aliphatic heterocycles. The molecule has 0 N–H and O–H groups in total. The number of hydrogen-bond acceptors (Lipinski definition) is 12. The molecule has 0 unspecified atom stereocenters. The zero-order valence-electron chi connectivity index (χ0n) is 46.9. The van der Waals surface area contributed by atoms with Gasteiger partial charge >= 0.3 is 0 Å². The highest BCUT2D eigenvalue weighted by molar-refractivity contribution is 6.14. The lowest BCUT2D eigenvalue weighted by Gasteiger charge is -2.33. The van der Waals surface area contributed by atoms with Crippen molar-refractivity contribution in [3.8, 4) is 90.8 Å². The Labute approximate surface area is 491 Å². The second-order valence-electron chi connectivity index (χ2n) is 21.5. The van der Waals surface area contributed by atoms with Gasteiger partial charge in [-0.25, -0.2) is 39.9 Å². The van der Waals surface area contributed by atoms with E-state index < -0.39 is 0 Å². The lowest BCUT2D eigenvalue weighted by Crippen LogP contribution is -2.15. The van der Waals surface area contributed by atoms with Crippen LogP contribution in [0.15, 0.2) is 219 Å². The maximum absolute atomic E-state index is 6.51. The average molecular weight is 1120 g/mol. The Morgan fingerprint density at radius 1 is 0.267 bits per heavy atom. The Bertz CT molecular complexity index is 4930. The van der Waals surface area contributed by atoms with E-state index in [0.717, 1.165) is 124 Å². The molecule has 0 radical (unpaired) electrons. The lowest BCUT2D eigenvalue weighted by molar-refractivity contribution is 0.477. The van der Waals surface area contributed by atoms with Crippen LogP contribution >= 0.6 is 0 Å². The maximum Gasteiger partial charge on any atom is 0.159 e. The van der Waals surface area contributed by atoms with Crippen molar-refractivity contribution >= 4 is 78.8 Å². The van der Waals surface area contributed by atoms with Crippen LogP contribution in [0.25, 0.3) is 112 Å². The number of fused-ring (bicyclic) bond motifs is 8. The molecule has 2 aliphatic rings. The average Bonchev–Trinajstić information content (AvgIpc) is 1.58. The predicted octanol–water partition coefficient (Wildman–Crippen LogP) is 16.0. The van der Waals surface area contributed by atoms with Crippen LogP contribution in [-0.2, 0) is 28.2 Å². The van der Waals surface area contributed by atoms with Crippen molar-refractivity contribution in [1.82, 2.24) is 58.1 Å². The van der Waals surface area contributed by atoms with Crippen molar-refractivity contribution in [2.24, 2.45) is 28.2 Å². The second-order valence-corrected chi connectivity index (χ2v) is 21.5. The molecule has 0 bridgehead atoms. The van der Waals surface area contributed by atoms with Gasteiger partial charge in [-0.1, -0.05) is 72.8 Å². The number of aryl methyl sites for hydroxylation is 4. The van der Waals surface area contributed by atoms with E-state index in [0.29, 0.717) is 45.9 Å². The third-order valence-electron chi connectivity index (χ3n) is 16.6. The van der Waals surface area contributed by atoms with Gasteiger partial charge in [-0.05, 0) is 132 Å². The van der Waals surface area contributed by atoms with Gasteiger partial charge in [0.15, 0.2) is 45.6 Å². The highest BCUT2D eigenvalue weighted by atomic mass is 16.5. The molecule has 0 atom stereocenters. The van der Waals surface area contributed by atoms with E-state index in [1.807, 2.05) is 174 Å². The number of anilines is 6. The molecule has 7 aromatic carbocycles. The topological polar surface area (TPSA) is 148 Å². The first-order valence-corrected chi connectivity index (χ1v) is 28.2. The third kappa shape index (κ3) is 7.29. The summed E-state index contributed by atoms with van der Waals surface area (Å²) in [6, 6.07) is 65.9. The number of nitrogens with zero attached hydrogens (tertiary/aromatic N) is 14. The van der Waals surface area contributed by atoms with Gasteiger partial charge in [0.05, 0.1) is 22.7 Å². The Morgan fingerprint density at radius 3 is 0.802 bits per heavy atom. The number of pyridine rings is 4. The lowest BCUT2D eigenvalue weighted by atomic mass is 9.79. The molecule has 16 nitrogen and oxygen atoms in total.